The second kappa shape index (κ2) is 3.69. The van der Waals surface area contributed by atoms with Crippen LogP contribution in [0.4, 0.5) is 0 Å². The molecule has 0 atom stereocenters. The lowest BCUT2D eigenvalue weighted by molar-refractivity contribution is -0.135. The SMILES string of the molecule is O=C(O)CC#CBr. The van der Waals surface area contributed by atoms with E-state index in [4.69, 9.17) is 5.11 Å². The third-order valence-electron chi connectivity index (χ3n) is 0.306. The maximum Gasteiger partial charge on any atom is 0.315 e. The van der Waals surface area contributed by atoms with E-state index in [9.17, 15) is 4.79 Å². The molecule has 0 fully saturated rings. The number of hydrogen-bond donors (Lipinski definition) is 1. The number of hydrogen-bond acceptors (Lipinski definition) is 1. The van der Waals surface area contributed by atoms with Gasteiger partial charge in [0.1, 0.15) is 6.42 Å². The van der Waals surface area contributed by atoms with Gasteiger partial charge in [0.25, 0.3) is 0 Å². The third-order valence-corrected chi connectivity index (χ3v) is 0.587. The van der Waals surface area contributed by atoms with E-state index in [2.05, 4.69) is 26.7 Å². The van der Waals surface area contributed by atoms with Crippen LogP contribution in [0, 0.1) is 10.8 Å². The summed E-state index contributed by atoms with van der Waals surface area (Å²) in [4.78, 5) is 11.9. The Morgan fingerprint density at radius 3 is 2.57 bits per heavy atom. The van der Waals surface area contributed by atoms with Gasteiger partial charge in [0.05, 0.1) is 0 Å². The quantitative estimate of drug-likeness (QED) is 0.581. The fourth-order valence-electron chi connectivity index (χ4n) is 0.109. The first-order chi connectivity index (χ1) is 3.27. The normalized spacial score (nSPS) is 6.43. The van der Waals surface area contributed by atoms with Crippen molar-refractivity contribution in [3.05, 3.63) is 0 Å². The van der Waals surface area contributed by atoms with Gasteiger partial charge in [0.2, 0.25) is 0 Å². The average molecular weight is 163 g/mol. The van der Waals surface area contributed by atoms with Crippen LogP contribution in [0.3, 0.4) is 0 Å². The van der Waals surface area contributed by atoms with Gasteiger partial charge < -0.3 is 5.11 Å². The van der Waals surface area contributed by atoms with E-state index in [-0.39, 0.29) is 6.42 Å². The Hall–Kier alpha value is -0.490. The number of halogens is 1. The molecule has 0 aliphatic rings. The zero-order chi connectivity index (χ0) is 5.70. The fraction of sp³-hybridized carbons (Fsp3) is 0.250. The van der Waals surface area contributed by atoms with E-state index >= 15 is 0 Å². The highest BCUT2D eigenvalue weighted by Crippen LogP contribution is 1.75. The molecule has 0 rings (SSSR count). The average Bonchev–Trinajstić information content (AvgIpc) is 1.61. The standard InChI is InChI=1S/C4H3BrO2/c5-3-1-2-4(6)7/h2H2,(H,6,7). The molecular weight excluding hydrogens is 160 g/mol. The predicted octanol–water partition coefficient (Wildman–Crippen LogP) is 0.817. The minimum atomic E-state index is -0.896. The molecule has 1 N–H and O–H groups in total. The number of rotatable bonds is 1. The van der Waals surface area contributed by atoms with Crippen molar-refractivity contribution in [3.63, 3.8) is 0 Å². The van der Waals surface area contributed by atoms with Crippen molar-refractivity contribution >= 4 is 21.9 Å². The molecule has 0 heterocycles. The van der Waals surface area contributed by atoms with Crippen molar-refractivity contribution in [3.8, 4) is 10.8 Å². The topological polar surface area (TPSA) is 37.3 Å². The minimum Gasteiger partial charge on any atom is -0.481 e. The fourth-order valence-corrected chi connectivity index (χ4v) is 0.249. The summed E-state index contributed by atoms with van der Waals surface area (Å²) >= 11 is 2.75. The Morgan fingerprint density at radius 2 is 2.43 bits per heavy atom. The molecule has 0 aromatic rings. The van der Waals surface area contributed by atoms with Gasteiger partial charge in [0.15, 0.2) is 0 Å². The molecule has 2 nitrogen and oxygen atoms in total. The van der Waals surface area contributed by atoms with Crippen LogP contribution in [-0.4, -0.2) is 11.1 Å². The zero-order valence-corrected chi connectivity index (χ0v) is 5.03. The highest BCUT2D eigenvalue weighted by atomic mass is 79.9. The first-order valence-corrected chi connectivity index (χ1v) is 2.37. The van der Waals surface area contributed by atoms with E-state index in [1.165, 1.54) is 0 Å². The summed E-state index contributed by atoms with van der Waals surface area (Å²) in [5.41, 5.74) is 0. The number of carboxylic acids is 1. The van der Waals surface area contributed by atoms with Crippen molar-refractivity contribution < 1.29 is 9.90 Å². The molecule has 3 heteroatoms. The van der Waals surface area contributed by atoms with Gasteiger partial charge in [-0.05, 0) is 4.83 Å². The van der Waals surface area contributed by atoms with Crippen LogP contribution in [0.15, 0.2) is 0 Å². The Balaban J connectivity index is 3.26. The maximum absolute atomic E-state index is 9.63. The number of aliphatic carboxylic acids is 1. The summed E-state index contributed by atoms with van der Waals surface area (Å²) in [5, 5.41) is 7.92. The Kier molecular flexibility index (Phi) is 3.43. The van der Waals surface area contributed by atoms with E-state index in [1.807, 2.05) is 0 Å². The second-order valence-corrected chi connectivity index (χ2v) is 1.24. The molecule has 0 aromatic carbocycles. The smallest absolute Gasteiger partial charge is 0.315 e. The number of carbonyl (C=O) groups is 1. The van der Waals surface area contributed by atoms with Crippen LogP contribution in [0.1, 0.15) is 6.42 Å². The van der Waals surface area contributed by atoms with E-state index in [0.29, 0.717) is 0 Å². The van der Waals surface area contributed by atoms with Crippen molar-refractivity contribution in [1.82, 2.24) is 0 Å². The summed E-state index contributed by atoms with van der Waals surface area (Å²) in [6, 6.07) is 0. The predicted molar refractivity (Wildman–Crippen MR) is 29.0 cm³/mol. The maximum atomic E-state index is 9.63. The van der Waals surface area contributed by atoms with Crippen molar-refractivity contribution in [2.45, 2.75) is 6.42 Å². The Labute approximate surface area is 49.7 Å². The van der Waals surface area contributed by atoms with E-state index < -0.39 is 5.97 Å². The second-order valence-electron chi connectivity index (χ2n) is 0.842. The molecule has 38 valence electrons. The van der Waals surface area contributed by atoms with Gasteiger partial charge in [-0.25, -0.2) is 0 Å². The van der Waals surface area contributed by atoms with Crippen LogP contribution < -0.4 is 0 Å². The van der Waals surface area contributed by atoms with Crippen LogP contribution >= 0.6 is 15.9 Å². The monoisotopic (exact) mass is 162 g/mol. The van der Waals surface area contributed by atoms with Crippen LogP contribution in [0.5, 0.6) is 0 Å². The first kappa shape index (κ1) is 6.51. The molecule has 0 saturated carbocycles. The Bertz CT molecular complexity index is 119. The summed E-state index contributed by atoms with van der Waals surface area (Å²) in [7, 11) is 0. The van der Waals surface area contributed by atoms with Gasteiger partial charge in [-0.3, -0.25) is 4.79 Å². The summed E-state index contributed by atoms with van der Waals surface area (Å²) in [6.45, 7) is 0. The first-order valence-electron chi connectivity index (χ1n) is 1.57. The van der Waals surface area contributed by atoms with E-state index in [1.54, 1.807) is 0 Å². The van der Waals surface area contributed by atoms with Crippen LogP contribution in [0.25, 0.3) is 0 Å². The summed E-state index contributed by atoms with van der Waals surface area (Å²) in [5.74, 6) is 1.42. The summed E-state index contributed by atoms with van der Waals surface area (Å²) < 4.78 is 0. The highest BCUT2D eigenvalue weighted by Gasteiger charge is 1.85. The molecule has 7 heavy (non-hydrogen) atoms. The van der Waals surface area contributed by atoms with Crippen molar-refractivity contribution in [1.29, 1.82) is 0 Å². The molecule has 0 aliphatic carbocycles. The summed E-state index contributed by atoms with van der Waals surface area (Å²) in [6.07, 6.45) is -0.0920. The largest absolute Gasteiger partial charge is 0.481 e. The molecule has 0 radical (unpaired) electrons. The molecule has 0 amide bonds. The van der Waals surface area contributed by atoms with Crippen LogP contribution in [0.2, 0.25) is 0 Å². The van der Waals surface area contributed by atoms with Gasteiger partial charge in [0, 0.05) is 15.9 Å². The molecule has 0 spiro atoms. The molecule has 0 saturated heterocycles. The molecule has 0 aromatic heterocycles. The molecule has 0 unspecified atom stereocenters. The van der Waals surface area contributed by atoms with Crippen molar-refractivity contribution in [2.24, 2.45) is 0 Å². The zero-order valence-electron chi connectivity index (χ0n) is 3.44. The van der Waals surface area contributed by atoms with Gasteiger partial charge in [-0.15, -0.1) is 0 Å². The molecule has 0 bridgehead atoms. The lowest BCUT2D eigenvalue weighted by atomic mass is 10.5. The van der Waals surface area contributed by atoms with E-state index in [0.717, 1.165) is 0 Å². The number of carboxylic acid groups (broad SMARTS) is 1. The lowest BCUT2D eigenvalue weighted by Crippen LogP contribution is -1.89. The van der Waals surface area contributed by atoms with Crippen LogP contribution in [-0.2, 0) is 4.79 Å². The third kappa shape index (κ3) is 5.51. The lowest BCUT2D eigenvalue weighted by Gasteiger charge is -1.73. The van der Waals surface area contributed by atoms with Gasteiger partial charge in [-0.1, -0.05) is 5.92 Å². The van der Waals surface area contributed by atoms with Crippen molar-refractivity contribution in [2.75, 3.05) is 0 Å². The molecule has 0 aliphatic heterocycles. The minimum absolute atomic E-state index is 0.0920. The highest BCUT2D eigenvalue weighted by molar-refractivity contribution is 9.12. The Morgan fingerprint density at radius 1 is 1.86 bits per heavy atom. The van der Waals surface area contributed by atoms with Gasteiger partial charge >= 0.3 is 5.97 Å². The molecular formula is C4H3BrO2. The van der Waals surface area contributed by atoms with Gasteiger partial charge in [-0.2, -0.15) is 0 Å².